The molecule has 110 valence electrons. The lowest BCUT2D eigenvalue weighted by atomic mass is 10.1. The number of carbonyl (C=O) groups is 1. The highest BCUT2D eigenvalue weighted by atomic mass is 35.5. The third-order valence-corrected chi connectivity index (χ3v) is 3.88. The van der Waals surface area contributed by atoms with Gasteiger partial charge in [0.2, 0.25) is 0 Å². The maximum Gasteiger partial charge on any atom is 0.322 e. The number of nitrogens with two attached hydrogens (primary N) is 1. The number of benzene rings is 1. The Morgan fingerprint density at radius 2 is 2.25 bits per heavy atom. The number of hydrogen-bond acceptors (Lipinski definition) is 3. The van der Waals surface area contributed by atoms with Crippen LogP contribution in [0, 0.1) is 0 Å². The van der Waals surface area contributed by atoms with Gasteiger partial charge < -0.3 is 20.7 Å². The Morgan fingerprint density at radius 3 is 2.90 bits per heavy atom. The lowest BCUT2D eigenvalue weighted by Crippen LogP contribution is -2.52. The Morgan fingerprint density at radius 1 is 1.50 bits per heavy atom. The number of urea groups is 1. The van der Waals surface area contributed by atoms with E-state index in [2.05, 4.69) is 5.32 Å². The summed E-state index contributed by atoms with van der Waals surface area (Å²) >= 11 is 11.7. The summed E-state index contributed by atoms with van der Waals surface area (Å²) in [5.74, 6) is 0. The molecule has 2 atom stereocenters. The van der Waals surface area contributed by atoms with Gasteiger partial charge in [0, 0.05) is 18.3 Å². The molecule has 0 radical (unpaired) electrons. The molecule has 2 unspecified atom stereocenters. The van der Waals surface area contributed by atoms with Gasteiger partial charge >= 0.3 is 6.03 Å². The number of rotatable bonds is 2. The van der Waals surface area contributed by atoms with E-state index < -0.39 is 0 Å². The lowest BCUT2D eigenvalue weighted by molar-refractivity contribution is -0.0220. The van der Waals surface area contributed by atoms with E-state index in [1.54, 1.807) is 23.1 Å². The quantitative estimate of drug-likeness (QED) is 0.881. The average Bonchev–Trinajstić information content (AvgIpc) is 2.43. The standard InChI is InChI=1S/C13H17Cl2N3O2/c1-8(16)12-7-18(4-5-20-12)13(19)17-9-2-3-10(14)11(15)6-9/h2-3,6,8,12H,4-5,7,16H2,1H3,(H,17,19). The van der Waals surface area contributed by atoms with Crippen LogP contribution in [0.3, 0.4) is 0 Å². The number of amides is 2. The fourth-order valence-corrected chi connectivity index (χ4v) is 2.25. The van der Waals surface area contributed by atoms with Crippen molar-refractivity contribution in [2.45, 2.75) is 19.1 Å². The van der Waals surface area contributed by atoms with E-state index in [4.69, 9.17) is 33.7 Å². The van der Waals surface area contributed by atoms with Crippen LogP contribution in [0.25, 0.3) is 0 Å². The second kappa shape index (κ2) is 6.63. The zero-order chi connectivity index (χ0) is 14.7. The third kappa shape index (κ3) is 3.76. The highest BCUT2D eigenvalue weighted by Gasteiger charge is 2.26. The number of nitrogens with one attached hydrogen (secondary N) is 1. The highest BCUT2D eigenvalue weighted by molar-refractivity contribution is 6.42. The zero-order valence-corrected chi connectivity index (χ0v) is 12.6. The molecule has 0 spiro atoms. The van der Waals surface area contributed by atoms with E-state index in [1.807, 2.05) is 6.92 Å². The second-order valence-corrected chi connectivity index (χ2v) is 5.59. The number of morpholine rings is 1. The molecule has 7 heteroatoms. The summed E-state index contributed by atoms with van der Waals surface area (Å²) in [6, 6.07) is 4.65. The molecule has 5 nitrogen and oxygen atoms in total. The van der Waals surface area contributed by atoms with Crippen LogP contribution in [-0.4, -0.2) is 42.8 Å². The highest BCUT2D eigenvalue weighted by Crippen LogP contribution is 2.25. The summed E-state index contributed by atoms with van der Waals surface area (Å²) in [6.07, 6.45) is -0.136. The van der Waals surface area contributed by atoms with Gasteiger partial charge in [-0.25, -0.2) is 4.79 Å². The summed E-state index contributed by atoms with van der Waals surface area (Å²) in [5.41, 5.74) is 6.41. The fourth-order valence-electron chi connectivity index (χ4n) is 1.95. The van der Waals surface area contributed by atoms with Gasteiger partial charge in [-0.15, -0.1) is 0 Å². The van der Waals surface area contributed by atoms with Crippen LogP contribution < -0.4 is 11.1 Å². The number of anilines is 1. The average molecular weight is 318 g/mol. The monoisotopic (exact) mass is 317 g/mol. The number of halogens is 2. The fraction of sp³-hybridized carbons (Fsp3) is 0.462. The van der Waals surface area contributed by atoms with Crippen molar-refractivity contribution in [1.29, 1.82) is 0 Å². The van der Waals surface area contributed by atoms with Crippen molar-refractivity contribution < 1.29 is 9.53 Å². The third-order valence-electron chi connectivity index (χ3n) is 3.14. The topological polar surface area (TPSA) is 67.6 Å². The molecule has 0 aliphatic carbocycles. The first kappa shape index (κ1) is 15.4. The molecule has 1 aliphatic rings. The van der Waals surface area contributed by atoms with E-state index in [0.717, 1.165) is 0 Å². The van der Waals surface area contributed by atoms with E-state index in [1.165, 1.54) is 0 Å². The number of hydrogen-bond donors (Lipinski definition) is 2. The van der Waals surface area contributed by atoms with Gasteiger partial charge in [-0.05, 0) is 25.1 Å². The van der Waals surface area contributed by atoms with Crippen molar-refractivity contribution in [3.05, 3.63) is 28.2 Å². The molecule has 2 rings (SSSR count). The molecular weight excluding hydrogens is 301 g/mol. The zero-order valence-electron chi connectivity index (χ0n) is 11.1. The van der Waals surface area contributed by atoms with Crippen LogP contribution in [0.2, 0.25) is 10.0 Å². The molecule has 1 fully saturated rings. The van der Waals surface area contributed by atoms with Crippen molar-refractivity contribution >= 4 is 34.9 Å². The molecule has 0 bridgehead atoms. The molecule has 1 aliphatic heterocycles. The first-order chi connectivity index (χ1) is 9.47. The van der Waals surface area contributed by atoms with Crippen molar-refractivity contribution in [2.24, 2.45) is 5.73 Å². The van der Waals surface area contributed by atoms with Gasteiger partial charge in [0.1, 0.15) is 0 Å². The molecular formula is C13H17Cl2N3O2. The van der Waals surface area contributed by atoms with Crippen LogP contribution in [0.4, 0.5) is 10.5 Å². The van der Waals surface area contributed by atoms with E-state index in [0.29, 0.717) is 35.4 Å². The molecule has 1 aromatic carbocycles. The Hall–Kier alpha value is -1.01. The Balaban J connectivity index is 1.98. The van der Waals surface area contributed by atoms with Crippen LogP contribution >= 0.6 is 23.2 Å². The minimum absolute atomic E-state index is 0.115. The summed E-state index contributed by atoms with van der Waals surface area (Å²) in [5, 5.41) is 3.64. The first-order valence-electron chi connectivity index (χ1n) is 6.35. The van der Waals surface area contributed by atoms with Crippen molar-refractivity contribution in [3.8, 4) is 0 Å². The molecule has 3 N–H and O–H groups in total. The summed E-state index contributed by atoms with van der Waals surface area (Å²) in [6.45, 7) is 3.37. The normalized spacial score (nSPS) is 20.6. The maximum atomic E-state index is 12.2. The molecule has 1 heterocycles. The number of ether oxygens (including phenoxy) is 1. The van der Waals surface area contributed by atoms with Gasteiger partial charge in [0.15, 0.2) is 0 Å². The number of carbonyl (C=O) groups excluding carboxylic acids is 1. The lowest BCUT2D eigenvalue weighted by Gasteiger charge is -2.34. The molecule has 2 amide bonds. The van der Waals surface area contributed by atoms with Gasteiger partial charge in [-0.3, -0.25) is 0 Å². The van der Waals surface area contributed by atoms with Gasteiger partial charge in [0.25, 0.3) is 0 Å². The first-order valence-corrected chi connectivity index (χ1v) is 7.11. The molecule has 1 aromatic rings. The van der Waals surface area contributed by atoms with Crippen molar-refractivity contribution in [3.63, 3.8) is 0 Å². The Kier molecular flexibility index (Phi) is 5.10. The van der Waals surface area contributed by atoms with E-state index in [-0.39, 0.29) is 18.2 Å². The maximum absolute atomic E-state index is 12.2. The minimum Gasteiger partial charge on any atom is -0.373 e. The van der Waals surface area contributed by atoms with Crippen molar-refractivity contribution in [1.82, 2.24) is 4.90 Å². The number of nitrogens with zero attached hydrogens (tertiary/aromatic N) is 1. The summed E-state index contributed by atoms with van der Waals surface area (Å²) < 4.78 is 5.52. The van der Waals surface area contributed by atoms with E-state index in [9.17, 15) is 4.79 Å². The smallest absolute Gasteiger partial charge is 0.322 e. The van der Waals surface area contributed by atoms with Crippen LogP contribution in [0.5, 0.6) is 0 Å². The van der Waals surface area contributed by atoms with Gasteiger partial charge in [-0.1, -0.05) is 23.2 Å². The van der Waals surface area contributed by atoms with Gasteiger partial charge in [0.05, 0.1) is 29.3 Å². The van der Waals surface area contributed by atoms with Crippen LogP contribution in [0.15, 0.2) is 18.2 Å². The van der Waals surface area contributed by atoms with Crippen molar-refractivity contribution in [2.75, 3.05) is 25.0 Å². The molecule has 1 saturated heterocycles. The minimum atomic E-state index is -0.197. The van der Waals surface area contributed by atoms with Gasteiger partial charge in [-0.2, -0.15) is 0 Å². The molecule has 0 aromatic heterocycles. The second-order valence-electron chi connectivity index (χ2n) is 4.77. The molecule has 0 saturated carbocycles. The summed E-state index contributed by atoms with van der Waals surface area (Å²) in [7, 11) is 0. The Labute approximate surface area is 128 Å². The summed E-state index contributed by atoms with van der Waals surface area (Å²) in [4.78, 5) is 13.9. The van der Waals surface area contributed by atoms with Crippen LogP contribution in [0.1, 0.15) is 6.92 Å². The predicted octanol–water partition coefficient (Wildman–Crippen LogP) is 2.57. The van der Waals surface area contributed by atoms with E-state index >= 15 is 0 Å². The molecule has 20 heavy (non-hydrogen) atoms. The predicted molar refractivity (Wildman–Crippen MR) is 80.4 cm³/mol. The Bertz CT molecular complexity index is 497. The van der Waals surface area contributed by atoms with Crippen LogP contribution in [-0.2, 0) is 4.74 Å². The SMILES string of the molecule is CC(N)C1CN(C(=O)Nc2ccc(Cl)c(Cl)c2)CCO1. The largest absolute Gasteiger partial charge is 0.373 e.